The number of Topliss-reactive ketones (excluding diaryl/α,β-unsaturated/α-hetero) is 1. The number of ketones is 1. The van der Waals surface area contributed by atoms with Gasteiger partial charge in [-0.05, 0) is 44.0 Å². The Morgan fingerprint density at radius 3 is 2.83 bits per heavy atom. The van der Waals surface area contributed by atoms with Crippen LogP contribution in [0, 0.1) is 21.4 Å². The predicted molar refractivity (Wildman–Crippen MR) is 106 cm³/mol. The summed E-state index contributed by atoms with van der Waals surface area (Å²) in [6.45, 7) is 1.79. The van der Waals surface area contributed by atoms with E-state index in [4.69, 9.17) is 16.0 Å². The highest BCUT2D eigenvalue weighted by Crippen LogP contribution is 2.44. The molecule has 0 radical (unpaired) electrons. The molecule has 1 aromatic carbocycles. The molecule has 2 aliphatic rings. The van der Waals surface area contributed by atoms with Gasteiger partial charge in [-0.15, -0.1) is 0 Å². The number of dihydropyridines is 1. The lowest BCUT2D eigenvalue weighted by atomic mass is 9.78. The van der Waals surface area contributed by atoms with Crippen molar-refractivity contribution in [2.45, 2.75) is 32.1 Å². The molecule has 0 spiro atoms. The summed E-state index contributed by atoms with van der Waals surface area (Å²) >= 11 is 5.89. The third-order valence-corrected chi connectivity index (χ3v) is 5.46. The summed E-state index contributed by atoms with van der Waals surface area (Å²) in [5, 5.41) is 24.6. The van der Waals surface area contributed by atoms with Crippen LogP contribution in [0.25, 0.3) is 11.3 Å². The quantitative estimate of drug-likeness (QED) is 0.564. The van der Waals surface area contributed by atoms with E-state index in [1.165, 1.54) is 12.1 Å². The molecule has 1 aliphatic heterocycles. The summed E-state index contributed by atoms with van der Waals surface area (Å²) < 4.78 is 5.97. The van der Waals surface area contributed by atoms with Crippen molar-refractivity contribution >= 4 is 23.1 Å². The Kier molecular flexibility index (Phi) is 4.73. The summed E-state index contributed by atoms with van der Waals surface area (Å²) in [7, 11) is 0. The third-order valence-electron chi connectivity index (χ3n) is 5.23. The largest absolute Gasteiger partial charge is 0.460 e. The normalized spacial score (nSPS) is 18.9. The molecule has 8 heteroatoms. The number of nitriles is 1. The molecule has 146 valence electrons. The van der Waals surface area contributed by atoms with E-state index < -0.39 is 10.8 Å². The van der Waals surface area contributed by atoms with Crippen molar-refractivity contribution in [1.82, 2.24) is 5.32 Å². The zero-order chi connectivity index (χ0) is 20.7. The van der Waals surface area contributed by atoms with Crippen molar-refractivity contribution in [3.8, 4) is 17.4 Å². The maximum Gasteiger partial charge on any atom is 0.281 e. The molecule has 2 aromatic rings. The lowest BCUT2D eigenvalue weighted by Crippen LogP contribution is -2.31. The fraction of sp³-hybridized carbons (Fsp3) is 0.238. The Morgan fingerprint density at radius 1 is 1.31 bits per heavy atom. The molecule has 2 heterocycles. The van der Waals surface area contributed by atoms with Crippen LogP contribution in [0.15, 0.2) is 57.3 Å². The van der Waals surface area contributed by atoms with E-state index >= 15 is 0 Å². The second-order valence-electron chi connectivity index (χ2n) is 7.00. The van der Waals surface area contributed by atoms with Gasteiger partial charge in [0.25, 0.3) is 5.69 Å². The molecule has 1 N–H and O–H groups in total. The van der Waals surface area contributed by atoms with Gasteiger partial charge in [0.15, 0.2) is 5.78 Å². The molecule has 1 aliphatic carbocycles. The predicted octanol–water partition coefficient (Wildman–Crippen LogP) is 5.00. The smallest absolute Gasteiger partial charge is 0.281 e. The highest BCUT2D eigenvalue weighted by atomic mass is 35.5. The minimum Gasteiger partial charge on any atom is -0.460 e. The molecular weight excluding hydrogens is 394 g/mol. The topological polar surface area (TPSA) is 109 Å². The van der Waals surface area contributed by atoms with E-state index in [0.29, 0.717) is 29.0 Å². The van der Waals surface area contributed by atoms with E-state index in [1.807, 2.05) is 0 Å². The monoisotopic (exact) mass is 409 g/mol. The van der Waals surface area contributed by atoms with Crippen LogP contribution >= 0.6 is 11.6 Å². The first-order chi connectivity index (χ1) is 13.9. The summed E-state index contributed by atoms with van der Waals surface area (Å²) in [4.78, 5) is 23.6. The number of nitrogens with zero attached hydrogens (tertiary/aromatic N) is 2. The van der Waals surface area contributed by atoms with E-state index in [1.54, 1.807) is 25.1 Å². The molecule has 7 nitrogen and oxygen atoms in total. The van der Waals surface area contributed by atoms with Crippen LogP contribution in [0.5, 0.6) is 0 Å². The number of furan rings is 1. The lowest BCUT2D eigenvalue weighted by molar-refractivity contribution is -0.384. The molecule has 29 heavy (non-hydrogen) atoms. The molecule has 0 unspecified atom stereocenters. The number of halogens is 1. The molecule has 1 aromatic heterocycles. The van der Waals surface area contributed by atoms with Gasteiger partial charge in [-0.25, -0.2) is 0 Å². The minimum atomic E-state index is -0.621. The van der Waals surface area contributed by atoms with Crippen molar-refractivity contribution < 1.29 is 14.1 Å². The molecule has 0 amide bonds. The number of benzene rings is 1. The number of hydrogen-bond acceptors (Lipinski definition) is 6. The van der Waals surface area contributed by atoms with Crippen LogP contribution < -0.4 is 5.32 Å². The first kappa shape index (κ1) is 19.0. The molecule has 4 rings (SSSR count). The first-order valence-corrected chi connectivity index (χ1v) is 9.46. The Morgan fingerprint density at radius 2 is 2.10 bits per heavy atom. The highest BCUT2D eigenvalue weighted by molar-refractivity contribution is 6.30. The number of nitro groups is 1. The van der Waals surface area contributed by atoms with E-state index in [0.717, 1.165) is 18.5 Å². The van der Waals surface area contributed by atoms with Gasteiger partial charge in [0.2, 0.25) is 0 Å². The summed E-state index contributed by atoms with van der Waals surface area (Å²) in [5.41, 5.74) is 2.56. The molecular formula is C21H16ClN3O4. The molecule has 0 bridgehead atoms. The van der Waals surface area contributed by atoms with Crippen LogP contribution in [0.4, 0.5) is 5.69 Å². The van der Waals surface area contributed by atoms with Crippen molar-refractivity contribution in [1.29, 1.82) is 5.26 Å². The lowest BCUT2D eigenvalue weighted by Gasteiger charge is -2.31. The van der Waals surface area contributed by atoms with Crippen molar-refractivity contribution in [2.75, 3.05) is 0 Å². The Balaban J connectivity index is 1.84. The second kappa shape index (κ2) is 7.22. The number of allylic oxidation sites excluding steroid dienone is 4. The number of carbonyl (C=O) groups is 1. The maximum atomic E-state index is 12.7. The van der Waals surface area contributed by atoms with Crippen LogP contribution in [0.2, 0.25) is 5.02 Å². The minimum absolute atomic E-state index is 0.0144. The van der Waals surface area contributed by atoms with Gasteiger partial charge in [0.05, 0.1) is 28.0 Å². The zero-order valence-corrected chi connectivity index (χ0v) is 16.2. The maximum absolute atomic E-state index is 12.7. The number of hydrogen-bond donors (Lipinski definition) is 1. The third kappa shape index (κ3) is 3.22. The Hall–Kier alpha value is -3.37. The van der Waals surface area contributed by atoms with Crippen molar-refractivity contribution in [2.24, 2.45) is 0 Å². The van der Waals surface area contributed by atoms with Gasteiger partial charge in [-0.3, -0.25) is 14.9 Å². The molecule has 1 atom stereocenters. The molecule has 0 saturated carbocycles. The standard InChI is InChI=1S/C21H16ClN3O4/c1-11-14(10-23)20(21-15(24-11)3-2-4-17(21)26)19-8-7-18(29-19)13-6-5-12(22)9-16(13)25(27)28/h5-9,20,24H,2-4H2,1H3/t20-/m1/s1. The fourth-order valence-corrected chi connectivity index (χ4v) is 4.10. The van der Waals surface area contributed by atoms with Gasteiger partial charge in [-0.2, -0.15) is 5.26 Å². The van der Waals surface area contributed by atoms with Gasteiger partial charge in [-0.1, -0.05) is 11.6 Å². The molecule has 0 saturated heterocycles. The SMILES string of the molecule is CC1=C(C#N)[C@H](c2ccc(-c3ccc(Cl)cc3[N+](=O)[O-])o2)C2=C(CCCC2=O)N1. The summed E-state index contributed by atoms with van der Waals surface area (Å²) in [5.74, 6) is 0.0511. The second-order valence-corrected chi connectivity index (χ2v) is 7.43. The fourth-order valence-electron chi connectivity index (χ4n) is 3.93. The van der Waals surface area contributed by atoms with Crippen molar-refractivity contribution in [3.63, 3.8) is 0 Å². The van der Waals surface area contributed by atoms with Crippen LogP contribution in [-0.2, 0) is 4.79 Å². The highest BCUT2D eigenvalue weighted by Gasteiger charge is 2.37. The van der Waals surface area contributed by atoms with E-state index in [2.05, 4.69) is 11.4 Å². The molecule has 0 fully saturated rings. The Labute approximate surface area is 171 Å². The van der Waals surface area contributed by atoms with E-state index in [-0.39, 0.29) is 27.8 Å². The van der Waals surface area contributed by atoms with Gasteiger partial charge >= 0.3 is 0 Å². The number of nitrogens with one attached hydrogen (secondary N) is 1. The average Bonchev–Trinajstić information content (AvgIpc) is 3.16. The van der Waals surface area contributed by atoms with Gasteiger partial charge in [0, 0.05) is 34.5 Å². The number of carbonyl (C=O) groups excluding carboxylic acids is 1. The summed E-state index contributed by atoms with van der Waals surface area (Å²) in [6.07, 6.45) is 1.90. The zero-order valence-electron chi connectivity index (χ0n) is 15.5. The van der Waals surface area contributed by atoms with Crippen molar-refractivity contribution in [3.05, 3.63) is 73.8 Å². The van der Waals surface area contributed by atoms with Gasteiger partial charge < -0.3 is 9.73 Å². The average molecular weight is 410 g/mol. The summed E-state index contributed by atoms with van der Waals surface area (Å²) in [6, 6.07) is 9.80. The number of nitro benzene ring substituents is 1. The van der Waals surface area contributed by atoms with Crippen LogP contribution in [-0.4, -0.2) is 10.7 Å². The van der Waals surface area contributed by atoms with Crippen LogP contribution in [0.1, 0.15) is 37.9 Å². The Bertz CT molecular complexity index is 1150. The van der Waals surface area contributed by atoms with E-state index in [9.17, 15) is 20.2 Å². The number of rotatable bonds is 3. The first-order valence-electron chi connectivity index (χ1n) is 9.09. The van der Waals surface area contributed by atoms with Gasteiger partial charge in [0.1, 0.15) is 11.5 Å². The van der Waals surface area contributed by atoms with Crippen LogP contribution in [0.3, 0.4) is 0 Å².